The molecule has 5 heteroatoms. The number of hydrogen-bond donors (Lipinski definition) is 1. The van der Waals surface area contributed by atoms with Gasteiger partial charge in [0.05, 0.1) is 23.9 Å². The molecule has 1 amide bonds. The topological polar surface area (TPSA) is 56.2 Å². The zero-order valence-electron chi connectivity index (χ0n) is 10.9. The molecule has 3 rings (SSSR count). The number of fused-ring (bicyclic) bond motifs is 1. The Morgan fingerprint density at radius 2 is 2.26 bits per heavy atom. The van der Waals surface area contributed by atoms with Crippen LogP contribution in [0.15, 0.2) is 24.3 Å². The van der Waals surface area contributed by atoms with Crippen LogP contribution in [0.25, 0.3) is 10.9 Å². The van der Waals surface area contributed by atoms with Gasteiger partial charge in [0, 0.05) is 13.1 Å². The van der Waals surface area contributed by atoms with Crippen molar-refractivity contribution in [2.45, 2.75) is 25.3 Å². The van der Waals surface area contributed by atoms with Gasteiger partial charge in [-0.15, -0.1) is 5.10 Å². The van der Waals surface area contributed by atoms with Gasteiger partial charge in [-0.3, -0.25) is 9.48 Å². The lowest BCUT2D eigenvalue weighted by Gasteiger charge is -2.04. The molecule has 0 bridgehead atoms. The number of carbonyl (C=O) groups excluding carboxylic acids is 1. The summed E-state index contributed by atoms with van der Waals surface area (Å²) in [6, 6.07) is 8.30. The van der Waals surface area contributed by atoms with Crippen molar-refractivity contribution in [3.05, 3.63) is 24.3 Å². The first-order chi connectivity index (χ1) is 9.24. The molecule has 0 atom stereocenters. The zero-order valence-corrected chi connectivity index (χ0v) is 10.9. The summed E-state index contributed by atoms with van der Waals surface area (Å²) in [5.74, 6) is 0.653. The van der Waals surface area contributed by atoms with E-state index in [-0.39, 0.29) is 5.91 Å². The molecule has 0 radical (unpaired) electrons. The van der Waals surface area contributed by atoms with Gasteiger partial charge in [-0.1, -0.05) is 12.1 Å². The number of benzene rings is 1. The Morgan fingerprint density at radius 1 is 1.47 bits per heavy atom. The molecule has 0 unspecified atom stereocenters. The molecule has 0 saturated heterocycles. The Hall–Kier alpha value is -2.04. The first-order valence-electron chi connectivity index (χ1n) is 6.58. The molecule has 1 aliphatic carbocycles. The summed E-state index contributed by atoms with van der Waals surface area (Å²) in [4.78, 5) is 11.5. The highest BCUT2D eigenvalue weighted by molar-refractivity contribution is 5.84. The van der Waals surface area contributed by atoms with Crippen molar-refractivity contribution in [1.82, 2.24) is 15.1 Å². The quantitative estimate of drug-likeness (QED) is 0.887. The fourth-order valence-corrected chi connectivity index (χ4v) is 2.06. The maximum Gasteiger partial charge on any atom is 0.240 e. The fourth-order valence-electron chi connectivity index (χ4n) is 2.06. The van der Waals surface area contributed by atoms with Gasteiger partial charge in [0.25, 0.3) is 0 Å². The van der Waals surface area contributed by atoms with Gasteiger partial charge in [0.1, 0.15) is 0 Å². The fraction of sp³-hybridized carbons (Fsp3) is 0.429. The number of amides is 1. The number of carbonyl (C=O) groups is 1. The molecule has 1 saturated carbocycles. The van der Waals surface area contributed by atoms with Crippen molar-refractivity contribution in [2.24, 2.45) is 7.05 Å². The van der Waals surface area contributed by atoms with Crippen LogP contribution < -0.4 is 10.1 Å². The van der Waals surface area contributed by atoms with Gasteiger partial charge >= 0.3 is 0 Å². The summed E-state index contributed by atoms with van der Waals surface area (Å²) in [5.41, 5.74) is 1.03. The van der Waals surface area contributed by atoms with Crippen molar-refractivity contribution in [3.8, 4) is 5.88 Å². The van der Waals surface area contributed by atoms with Crippen molar-refractivity contribution in [3.63, 3.8) is 0 Å². The van der Waals surface area contributed by atoms with Crippen LogP contribution >= 0.6 is 0 Å². The molecule has 100 valence electrons. The molecule has 0 aliphatic heterocycles. The maximum atomic E-state index is 11.5. The lowest BCUT2D eigenvalue weighted by molar-refractivity contribution is -0.121. The van der Waals surface area contributed by atoms with E-state index in [1.165, 1.54) is 0 Å². The molecule has 1 N–H and O–H groups in total. The third-order valence-electron chi connectivity index (χ3n) is 3.23. The molecule has 19 heavy (non-hydrogen) atoms. The van der Waals surface area contributed by atoms with Gasteiger partial charge in [-0.05, 0) is 25.0 Å². The summed E-state index contributed by atoms with van der Waals surface area (Å²) in [7, 11) is 1.88. The summed E-state index contributed by atoms with van der Waals surface area (Å²) in [5, 5.41) is 8.24. The predicted octanol–water partition coefficient (Wildman–Crippen LogP) is 1.62. The van der Waals surface area contributed by atoms with Gasteiger partial charge in [-0.2, -0.15) is 0 Å². The molecule has 1 heterocycles. The van der Waals surface area contributed by atoms with Gasteiger partial charge in [-0.25, -0.2) is 0 Å². The number of para-hydroxylation sites is 1. The smallest absolute Gasteiger partial charge is 0.240 e. The normalized spacial score (nSPS) is 14.6. The summed E-state index contributed by atoms with van der Waals surface area (Å²) in [6.45, 7) is 0.361. The largest absolute Gasteiger partial charge is 0.476 e. The molecular weight excluding hydrogens is 242 g/mol. The summed E-state index contributed by atoms with van der Waals surface area (Å²) in [6.07, 6.45) is 2.59. The maximum absolute atomic E-state index is 11.5. The average molecular weight is 259 g/mol. The predicted molar refractivity (Wildman–Crippen MR) is 72.0 cm³/mol. The third kappa shape index (κ3) is 2.70. The number of aryl methyl sites for hydroxylation is 1. The van der Waals surface area contributed by atoms with Gasteiger partial charge in [0.2, 0.25) is 11.8 Å². The minimum absolute atomic E-state index is 0.0581. The number of aromatic nitrogens is 2. The monoisotopic (exact) mass is 259 g/mol. The van der Waals surface area contributed by atoms with Crippen LogP contribution in [0.1, 0.15) is 19.3 Å². The minimum Gasteiger partial charge on any atom is -0.476 e. The summed E-state index contributed by atoms with van der Waals surface area (Å²) >= 11 is 0. The van der Waals surface area contributed by atoms with Crippen LogP contribution in [0.2, 0.25) is 0 Å². The molecule has 5 nitrogen and oxygen atoms in total. The number of nitrogens with zero attached hydrogens (tertiary/aromatic N) is 2. The van der Waals surface area contributed by atoms with E-state index >= 15 is 0 Å². The van der Waals surface area contributed by atoms with Crippen LogP contribution in [-0.4, -0.2) is 28.3 Å². The van der Waals surface area contributed by atoms with E-state index in [1.807, 2.05) is 31.3 Å². The van der Waals surface area contributed by atoms with Crippen LogP contribution in [0.5, 0.6) is 5.88 Å². The van der Waals surface area contributed by atoms with Gasteiger partial charge in [0.15, 0.2) is 0 Å². The lowest BCUT2D eigenvalue weighted by Crippen LogP contribution is -2.26. The van der Waals surface area contributed by atoms with E-state index in [0.717, 1.165) is 23.7 Å². The van der Waals surface area contributed by atoms with E-state index in [0.29, 0.717) is 24.9 Å². The number of nitrogens with one attached hydrogen (secondary N) is 1. The Bertz CT molecular complexity index is 602. The van der Waals surface area contributed by atoms with E-state index in [9.17, 15) is 4.79 Å². The molecule has 0 spiro atoms. The minimum atomic E-state index is 0.0581. The second-order valence-electron chi connectivity index (χ2n) is 4.89. The molecule has 2 aromatic rings. The lowest BCUT2D eigenvalue weighted by atomic mass is 10.2. The highest BCUT2D eigenvalue weighted by Crippen LogP contribution is 2.24. The SMILES string of the molecule is Cn1nc(OCCC(=O)NC2CC2)c2ccccc21. The Morgan fingerprint density at radius 3 is 3.05 bits per heavy atom. The summed E-state index contributed by atoms with van der Waals surface area (Å²) < 4.78 is 7.41. The first kappa shape index (κ1) is 12.0. The first-order valence-corrected chi connectivity index (χ1v) is 6.58. The Labute approximate surface area is 111 Å². The third-order valence-corrected chi connectivity index (χ3v) is 3.23. The molecule has 1 fully saturated rings. The molecule has 1 aliphatic rings. The average Bonchev–Trinajstić information content (AvgIpc) is 3.15. The molecular formula is C14H17N3O2. The molecule has 1 aromatic heterocycles. The second kappa shape index (κ2) is 4.91. The number of ether oxygens (including phenoxy) is 1. The number of rotatable bonds is 5. The van der Waals surface area contributed by atoms with Crippen molar-refractivity contribution >= 4 is 16.8 Å². The van der Waals surface area contributed by atoms with E-state index in [1.54, 1.807) is 4.68 Å². The van der Waals surface area contributed by atoms with Crippen molar-refractivity contribution in [1.29, 1.82) is 0 Å². The van der Waals surface area contributed by atoms with E-state index in [4.69, 9.17) is 4.74 Å². The van der Waals surface area contributed by atoms with Crippen LogP contribution in [0, 0.1) is 0 Å². The van der Waals surface area contributed by atoms with E-state index < -0.39 is 0 Å². The van der Waals surface area contributed by atoms with E-state index in [2.05, 4.69) is 10.4 Å². The van der Waals surface area contributed by atoms with Crippen LogP contribution in [0.3, 0.4) is 0 Å². The number of hydrogen-bond acceptors (Lipinski definition) is 3. The highest BCUT2D eigenvalue weighted by atomic mass is 16.5. The Balaban J connectivity index is 1.60. The van der Waals surface area contributed by atoms with Crippen LogP contribution in [0.4, 0.5) is 0 Å². The van der Waals surface area contributed by atoms with Crippen molar-refractivity contribution < 1.29 is 9.53 Å². The second-order valence-corrected chi connectivity index (χ2v) is 4.89. The van der Waals surface area contributed by atoms with Crippen molar-refractivity contribution in [2.75, 3.05) is 6.61 Å². The molecule has 1 aromatic carbocycles. The Kier molecular flexibility index (Phi) is 3.11. The zero-order chi connectivity index (χ0) is 13.2. The van der Waals surface area contributed by atoms with Gasteiger partial charge < -0.3 is 10.1 Å². The standard InChI is InChI=1S/C14H17N3O2/c1-17-12-5-3-2-4-11(12)14(16-17)19-9-8-13(18)15-10-6-7-10/h2-5,10H,6-9H2,1H3,(H,15,18). The van der Waals surface area contributed by atoms with Crippen LogP contribution in [-0.2, 0) is 11.8 Å². The highest BCUT2D eigenvalue weighted by Gasteiger charge is 2.23.